The van der Waals surface area contributed by atoms with Gasteiger partial charge in [0.05, 0.1) is 12.7 Å². The van der Waals surface area contributed by atoms with E-state index in [-0.39, 0.29) is 44.1 Å². The van der Waals surface area contributed by atoms with E-state index in [1.165, 1.54) is 24.3 Å². The van der Waals surface area contributed by atoms with Gasteiger partial charge in [0, 0.05) is 25.9 Å². The van der Waals surface area contributed by atoms with E-state index in [0.717, 1.165) is 38.5 Å². The van der Waals surface area contributed by atoms with E-state index in [2.05, 4.69) is 44.0 Å². The summed E-state index contributed by atoms with van der Waals surface area (Å²) in [5.74, 6) is -6.74. The molecule has 0 aliphatic carbocycles. The van der Waals surface area contributed by atoms with Crippen molar-refractivity contribution in [2.75, 3.05) is 19.7 Å². The van der Waals surface area contributed by atoms with Crippen molar-refractivity contribution in [3.05, 3.63) is 35.9 Å². The third kappa shape index (κ3) is 17.9. The summed E-state index contributed by atoms with van der Waals surface area (Å²) in [5.41, 5.74) is 6.88. The second-order valence-corrected chi connectivity index (χ2v) is 17.6. The number of hydrogen-bond acceptors (Lipinski definition) is 11. The van der Waals surface area contributed by atoms with Crippen LogP contribution in [0.1, 0.15) is 117 Å². The van der Waals surface area contributed by atoms with Gasteiger partial charge >= 0.3 is 8.69 Å². The summed E-state index contributed by atoms with van der Waals surface area (Å²) in [6.45, 7) is 5.88. The molecule has 0 saturated carbocycles. The van der Waals surface area contributed by atoms with Gasteiger partial charge in [-0.05, 0) is 76.2 Å². The molecule has 8 amide bonds. The molecule has 20 heteroatoms. The number of amides is 8. The summed E-state index contributed by atoms with van der Waals surface area (Å²) in [6.07, 6.45) is 6.58. The van der Waals surface area contributed by atoms with Gasteiger partial charge in [-0.2, -0.15) is 0 Å². The molecule has 1 aromatic carbocycles. The summed E-state index contributed by atoms with van der Waals surface area (Å²) in [5, 5.41) is 26.0. The maximum Gasteiger partial charge on any atom is 0.327 e. The Labute approximate surface area is 377 Å². The Balaban J connectivity index is 1.92. The number of rotatable bonds is 20. The molecule has 356 valence electrons. The summed E-state index contributed by atoms with van der Waals surface area (Å²) in [7, 11) is -0.825. The fourth-order valence-electron chi connectivity index (χ4n) is 8.06. The highest BCUT2D eigenvalue weighted by atomic mass is 31.1. The Hall–Kier alpha value is -5.00. The van der Waals surface area contributed by atoms with Crippen molar-refractivity contribution in [2.45, 2.75) is 160 Å². The monoisotopic (exact) mass is 916 g/mol. The molecule has 0 aromatic heterocycles. The molecule has 2 aliphatic heterocycles. The van der Waals surface area contributed by atoms with Crippen LogP contribution >= 0.6 is 8.69 Å². The van der Waals surface area contributed by atoms with Gasteiger partial charge in [0.2, 0.25) is 47.3 Å². The highest BCUT2D eigenvalue weighted by Crippen LogP contribution is 2.21. The van der Waals surface area contributed by atoms with Crippen LogP contribution in [0.25, 0.3) is 0 Å². The normalized spacial score (nSPS) is 23.8. The molecule has 64 heavy (non-hydrogen) atoms. The number of nitrogens with zero attached hydrogens (tertiary/aromatic N) is 1. The Morgan fingerprint density at radius 3 is 2.22 bits per heavy atom. The fraction of sp³-hybridized carbons (Fsp3) is 0.682. The highest BCUT2D eigenvalue weighted by molar-refractivity contribution is 7.17. The van der Waals surface area contributed by atoms with Gasteiger partial charge in [0.1, 0.15) is 36.3 Å². The van der Waals surface area contributed by atoms with E-state index < -0.39 is 105 Å². The van der Waals surface area contributed by atoms with Crippen LogP contribution in [0, 0.1) is 11.8 Å². The average Bonchev–Trinajstić information content (AvgIpc) is 3.76. The van der Waals surface area contributed by atoms with Crippen molar-refractivity contribution in [3.63, 3.8) is 0 Å². The Kier molecular flexibility index (Phi) is 23.4. The smallest absolute Gasteiger partial charge is 0.327 e. The Bertz CT molecular complexity index is 1740. The van der Waals surface area contributed by atoms with Crippen LogP contribution in [0.2, 0.25) is 0 Å². The molecule has 2 heterocycles. The first-order valence-electron chi connectivity index (χ1n) is 22.6. The number of aliphatic hydroxyl groups is 1. The van der Waals surface area contributed by atoms with Gasteiger partial charge in [-0.25, -0.2) is 4.57 Å². The fourth-order valence-corrected chi connectivity index (χ4v) is 8.31. The SMILES string of the molecule is CC(=O)N1CCC[C@H]1C(=O)N[C@@H](CC(C)C)C(=O)N[C@H]1C[C@H](CCCCCCCCc2ccccc2)C(=O)NCCCC(C(N)=O)NC(=O)[C@H]([C@@H](C)OP=O)NC(=O)[C@H](CO)NC1=O. The summed E-state index contributed by atoms with van der Waals surface area (Å²) in [4.78, 5) is 109. The number of likely N-dealkylation sites (tertiary alicyclic amines) is 1. The number of nitrogens with one attached hydrogen (secondary N) is 6. The number of aliphatic hydroxyl groups excluding tert-OH is 1. The number of nitrogens with two attached hydrogens (primary N) is 1. The zero-order valence-electron chi connectivity index (χ0n) is 37.6. The van der Waals surface area contributed by atoms with Crippen LogP contribution < -0.4 is 37.6 Å². The zero-order valence-corrected chi connectivity index (χ0v) is 38.5. The van der Waals surface area contributed by atoms with Crippen molar-refractivity contribution in [1.82, 2.24) is 36.8 Å². The predicted octanol–water partition coefficient (Wildman–Crippen LogP) is 1.45. The molecule has 1 aromatic rings. The van der Waals surface area contributed by atoms with E-state index in [1.54, 1.807) is 0 Å². The van der Waals surface area contributed by atoms with Crippen molar-refractivity contribution in [1.29, 1.82) is 0 Å². The van der Waals surface area contributed by atoms with Crippen LogP contribution in [0.4, 0.5) is 0 Å². The van der Waals surface area contributed by atoms with Crippen LogP contribution in [0.3, 0.4) is 0 Å². The van der Waals surface area contributed by atoms with Crippen molar-refractivity contribution in [2.24, 2.45) is 17.6 Å². The second kappa shape index (κ2) is 28.0. The largest absolute Gasteiger partial charge is 0.394 e. The first-order chi connectivity index (χ1) is 30.6. The topological polar surface area (TPSA) is 285 Å². The number of benzene rings is 1. The maximum absolute atomic E-state index is 14.3. The molecule has 2 aliphatic rings. The van der Waals surface area contributed by atoms with Crippen LogP contribution in [0.5, 0.6) is 0 Å². The molecule has 2 saturated heterocycles. The minimum atomic E-state index is -1.71. The summed E-state index contributed by atoms with van der Waals surface area (Å²) >= 11 is 0. The first-order valence-corrected chi connectivity index (χ1v) is 23.3. The van der Waals surface area contributed by atoms with Gasteiger partial charge < -0.3 is 47.6 Å². The van der Waals surface area contributed by atoms with Crippen LogP contribution in [-0.4, -0.2) is 119 Å². The minimum Gasteiger partial charge on any atom is -0.394 e. The third-order valence-corrected chi connectivity index (χ3v) is 12.1. The lowest BCUT2D eigenvalue weighted by molar-refractivity contribution is -0.139. The van der Waals surface area contributed by atoms with Crippen LogP contribution in [-0.2, 0) is 53.9 Å². The lowest BCUT2D eigenvalue weighted by Crippen LogP contribution is -2.62. The number of carbonyl (C=O) groups is 8. The minimum absolute atomic E-state index is 0.00200. The van der Waals surface area contributed by atoms with Gasteiger partial charge in [-0.3, -0.25) is 42.9 Å². The molecular weight excluding hydrogens is 848 g/mol. The van der Waals surface area contributed by atoms with Gasteiger partial charge in [-0.1, -0.05) is 76.3 Å². The predicted molar refractivity (Wildman–Crippen MR) is 237 cm³/mol. The Morgan fingerprint density at radius 1 is 0.891 bits per heavy atom. The molecule has 1 unspecified atom stereocenters. The summed E-state index contributed by atoms with van der Waals surface area (Å²) in [6, 6.07) is 2.33. The second-order valence-electron chi connectivity index (χ2n) is 17.2. The number of hydrogen-bond donors (Lipinski definition) is 8. The molecule has 3 rings (SSSR count). The highest BCUT2D eigenvalue weighted by Gasteiger charge is 2.38. The molecule has 8 atom stereocenters. The molecule has 9 N–H and O–H groups in total. The number of carbonyl (C=O) groups excluding carboxylic acids is 8. The van der Waals surface area contributed by atoms with Crippen molar-refractivity contribution < 1.29 is 52.6 Å². The lowest BCUT2D eigenvalue weighted by Gasteiger charge is -2.29. The number of aryl methyl sites for hydroxylation is 1. The number of primary amides is 1. The molecule has 0 spiro atoms. The first kappa shape index (κ1) is 53.3. The van der Waals surface area contributed by atoms with E-state index in [4.69, 9.17) is 10.3 Å². The molecule has 19 nitrogen and oxygen atoms in total. The Morgan fingerprint density at radius 2 is 1.58 bits per heavy atom. The van der Waals surface area contributed by atoms with E-state index in [1.807, 2.05) is 32.0 Å². The molecule has 0 bridgehead atoms. The van der Waals surface area contributed by atoms with Gasteiger partial charge in [0.15, 0.2) is 0 Å². The molecule has 2 fully saturated rings. The van der Waals surface area contributed by atoms with E-state index in [0.29, 0.717) is 32.2 Å². The number of unbranched alkanes of at least 4 members (excludes halogenated alkanes) is 5. The third-order valence-electron chi connectivity index (χ3n) is 11.6. The standard InChI is InChI=1S/C44H69N8O11P/c1-27(2)24-33(49-43(60)36-21-15-23-52(36)29(4)54)40(57)48-34-25-31(19-13-8-6-5-7-10-16-30-17-11-9-12-18-30)39(56)46-22-14-20-32(38(45)55)47-44(61)37(28(3)63-64-62)51-42(59)35(26-53)50-41(34)58/h9,11-12,17-18,27-28,31-37,53H,5-8,10,13-16,19-26H2,1-4H3,(H2,45,55)(H,46,56)(H,47,61)(H,48,57)(H,49,60)(H,50,58)(H,51,59)/t28-,31+,32?,33+,34+,35+,36+,37+/m1/s1. The van der Waals surface area contributed by atoms with E-state index in [9.17, 15) is 48.0 Å². The van der Waals surface area contributed by atoms with Crippen LogP contribution in [0.15, 0.2) is 30.3 Å². The quantitative estimate of drug-likeness (QED) is 0.0685. The molecular formula is C44H69N8O11P. The van der Waals surface area contributed by atoms with E-state index >= 15 is 0 Å². The van der Waals surface area contributed by atoms with Gasteiger partial charge in [-0.15, -0.1) is 0 Å². The van der Waals surface area contributed by atoms with Gasteiger partial charge in [0.25, 0.3) is 0 Å². The zero-order chi connectivity index (χ0) is 47.2. The summed E-state index contributed by atoms with van der Waals surface area (Å²) < 4.78 is 16.4. The van der Waals surface area contributed by atoms with Crippen molar-refractivity contribution >= 4 is 55.9 Å². The van der Waals surface area contributed by atoms with Crippen molar-refractivity contribution in [3.8, 4) is 0 Å². The lowest BCUT2D eigenvalue weighted by atomic mass is 9.91. The average molecular weight is 917 g/mol. The maximum atomic E-state index is 14.3. The molecule has 0 radical (unpaired) electrons.